The molecule has 0 amide bonds. The summed E-state index contributed by atoms with van der Waals surface area (Å²) < 4.78 is 0. The van der Waals surface area contributed by atoms with Gasteiger partial charge in [0.05, 0.1) is 0 Å². The van der Waals surface area contributed by atoms with E-state index in [1.165, 1.54) is 30.5 Å². The van der Waals surface area contributed by atoms with Gasteiger partial charge < -0.3 is 10.6 Å². The quantitative estimate of drug-likeness (QED) is 0.879. The molecule has 3 unspecified atom stereocenters. The summed E-state index contributed by atoms with van der Waals surface area (Å²) in [5.74, 6) is 2.27. The Balaban J connectivity index is 2.08. The van der Waals surface area contributed by atoms with Crippen LogP contribution in [0.3, 0.4) is 0 Å². The van der Waals surface area contributed by atoms with Crippen LogP contribution in [-0.4, -0.2) is 19.1 Å². The van der Waals surface area contributed by atoms with Crippen molar-refractivity contribution in [2.45, 2.75) is 53.0 Å². The number of nitrogens with zero attached hydrogens (tertiary/aromatic N) is 1. The van der Waals surface area contributed by atoms with Crippen molar-refractivity contribution < 1.29 is 0 Å². The normalized spacial score (nSPS) is 26.1. The van der Waals surface area contributed by atoms with E-state index in [0.29, 0.717) is 12.0 Å². The molecule has 21 heavy (non-hydrogen) atoms. The van der Waals surface area contributed by atoms with Gasteiger partial charge in [0.25, 0.3) is 0 Å². The predicted molar refractivity (Wildman–Crippen MR) is 92.7 cm³/mol. The Morgan fingerprint density at radius 3 is 2.57 bits per heavy atom. The fourth-order valence-corrected chi connectivity index (χ4v) is 3.74. The first-order valence-corrected chi connectivity index (χ1v) is 8.59. The van der Waals surface area contributed by atoms with Crippen LogP contribution in [0.5, 0.6) is 0 Å². The van der Waals surface area contributed by atoms with Gasteiger partial charge in [0.2, 0.25) is 0 Å². The molecule has 118 valence electrons. The number of aryl methyl sites for hydroxylation is 1. The molecule has 0 spiro atoms. The summed E-state index contributed by atoms with van der Waals surface area (Å²) in [5, 5.41) is 0. The molecule has 0 saturated heterocycles. The van der Waals surface area contributed by atoms with Gasteiger partial charge in [-0.3, -0.25) is 0 Å². The summed E-state index contributed by atoms with van der Waals surface area (Å²) in [7, 11) is 0. The number of anilines is 1. The molecular weight excluding hydrogens is 256 g/mol. The van der Waals surface area contributed by atoms with E-state index in [1.54, 1.807) is 0 Å². The van der Waals surface area contributed by atoms with Gasteiger partial charge in [0, 0.05) is 24.8 Å². The van der Waals surface area contributed by atoms with Crippen LogP contribution in [0.15, 0.2) is 24.3 Å². The summed E-state index contributed by atoms with van der Waals surface area (Å²) >= 11 is 0. The van der Waals surface area contributed by atoms with Crippen molar-refractivity contribution in [2.75, 3.05) is 18.0 Å². The summed E-state index contributed by atoms with van der Waals surface area (Å²) in [6.07, 6.45) is 3.80. The van der Waals surface area contributed by atoms with Gasteiger partial charge in [0.15, 0.2) is 0 Å². The average molecular weight is 288 g/mol. The minimum Gasteiger partial charge on any atom is -0.371 e. The van der Waals surface area contributed by atoms with Gasteiger partial charge in [-0.05, 0) is 62.5 Å². The van der Waals surface area contributed by atoms with Crippen LogP contribution in [0, 0.1) is 24.7 Å². The van der Waals surface area contributed by atoms with Crippen molar-refractivity contribution in [3.05, 3.63) is 29.8 Å². The molecule has 2 rings (SSSR count). The van der Waals surface area contributed by atoms with Crippen molar-refractivity contribution in [1.82, 2.24) is 0 Å². The highest BCUT2D eigenvalue weighted by molar-refractivity contribution is 5.52. The molecule has 1 aromatic rings. The van der Waals surface area contributed by atoms with Gasteiger partial charge in [-0.1, -0.05) is 32.0 Å². The molecule has 2 heteroatoms. The Morgan fingerprint density at radius 1 is 1.24 bits per heavy atom. The fourth-order valence-electron chi connectivity index (χ4n) is 3.74. The Kier molecular flexibility index (Phi) is 5.69. The maximum atomic E-state index is 6.43. The van der Waals surface area contributed by atoms with E-state index in [9.17, 15) is 0 Å². The molecule has 0 aromatic heterocycles. The number of benzene rings is 1. The van der Waals surface area contributed by atoms with Gasteiger partial charge in [-0.15, -0.1) is 0 Å². The Morgan fingerprint density at radius 2 is 1.95 bits per heavy atom. The van der Waals surface area contributed by atoms with E-state index in [2.05, 4.69) is 56.9 Å². The predicted octanol–water partition coefficient (Wildman–Crippen LogP) is 4.22. The van der Waals surface area contributed by atoms with Crippen molar-refractivity contribution in [3.63, 3.8) is 0 Å². The number of hydrogen-bond acceptors (Lipinski definition) is 2. The zero-order chi connectivity index (χ0) is 15.4. The molecule has 1 saturated carbocycles. The van der Waals surface area contributed by atoms with E-state index < -0.39 is 0 Å². The summed E-state index contributed by atoms with van der Waals surface area (Å²) in [6.45, 7) is 11.3. The number of para-hydroxylation sites is 1. The number of rotatable bonds is 5. The van der Waals surface area contributed by atoms with Crippen LogP contribution in [-0.2, 0) is 0 Å². The van der Waals surface area contributed by atoms with Crippen molar-refractivity contribution in [1.29, 1.82) is 0 Å². The highest BCUT2D eigenvalue weighted by Gasteiger charge is 2.30. The Labute approximate surface area is 130 Å². The monoisotopic (exact) mass is 288 g/mol. The third kappa shape index (κ3) is 4.00. The summed E-state index contributed by atoms with van der Waals surface area (Å²) in [6, 6.07) is 9.08. The first kappa shape index (κ1) is 16.4. The molecule has 0 heterocycles. The second kappa shape index (κ2) is 7.31. The lowest BCUT2D eigenvalue weighted by Crippen LogP contribution is -2.44. The molecule has 3 atom stereocenters. The summed E-state index contributed by atoms with van der Waals surface area (Å²) in [5.41, 5.74) is 9.17. The van der Waals surface area contributed by atoms with Crippen LogP contribution in [0.25, 0.3) is 0 Å². The second-order valence-corrected chi connectivity index (χ2v) is 7.07. The van der Waals surface area contributed by atoms with Crippen LogP contribution in [0.4, 0.5) is 5.69 Å². The van der Waals surface area contributed by atoms with Crippen LogP contribution < -0.4 is 10.6 Å². The minimum absolute atomic E-state index is 0.373. The van der Waals surface area contributed by atoms with E-state index in [-0.39, 0.29) is 0 Å². The van der Waals surface area contributed by atoms with Crippen LogP contribution in [0.2, 0.25) is 0 Å². The Bertz CT molecular complexity index is 441. The molecule has 1 aliphatic carbocycles. The van der Waals surface area contributed by atoms with Crippen molar-refractivity contribution >= 4 is 5.69 Å². The van der Waals surface area contributed by atoms with Gasteiger partial charge in [-0.2, -0.15) is 0 Å². The molecule has 1 aliphatic rings. The molecule has 0 bridgehead atoms. The fraction of sp³-hybridized carbons (Fsp3) is 0.684. The number of nitrogens with two attached hydrogens (primary N) is 1. The van der Waals surface area contributed by atoms with Crippen molar-refractivity contribution in [2.24, 2.45) is 23.5 Å². The Hall–Kier alpha value is -1.02. The maximum Gasteiger partial charge on any atom is 0.0395 e. The van der Waals surface area contributed by atoms with Gasteiger partial charge in [0.1, 0.15) is 0 Å². The van der Waals surface area contributed by atoms with Crippen LogP contribution in [0.1, 0.15) is 45.6 Å². The SMILES string of the molecule is CCN(CC1CC(C(C)C)CCC1N)c1ccccc1C. The first-order chi connectivity index (χ1) is 10.0. The minimum atomic E-state index is 0.373. The maximum absolute atomic E-state index is 6.43. The topological polar surface area (TPSA) is 29.3 Å². The third-order valence-electron chi connectivity index (χ3n) is 5.32. The molecular formula is C19H32N2. The van der Waals surface area contributed by atoms with E-state index in [4.69, 9.17) is 5.73 Å². The molecule has 1 aromatic carbocycles. The van der Waals surface area contributed by atoms with E-state index in [0.717, 1.165) is 24.9 Å². The molecule has 2 nitrogen and oxygen atoms in total. The zero-order valence-corrected chi connectivity index (χ0v) is 14.2. The van der Waals surface area contributed by atoms with Crippen molar-refractivity contribution in [3.8, 4) is 0 Å². The van der Waals surface area contributed by atoms with E-state index >= 15 is 0 Å². The molecule has 2 N–H and O–H groups in total. The van der Waals surface area contributed by atoms with Gasteiger partial charge >= 0.3 is 0 Å². The molecule has 0 radical (unpaired) electrons. The highest BCUT2D eigenvalue weighted by Crippen LogP contribution is 2.34. The molecule has 1 fully saturated rings. The smallest absolute Gasteiger partial charge is 0.0395 e. The lowest BCUT2D eigenvalue weighted by Gasteiger charge is -2.39. The summed E-state index contributed by atoms with van der Waals surface area (Å²) in [4.78, 5) is 2.52. The average Bonchev–Trinajstić information content (AvgIpc) is 2.47. The first-order valence-electron chi connectivity index (χ1n) is 8.59. The number of hydrogen-bond donors (Lipinski definition) is 1. The largest absolute Gasteiger partial charge is 0.371 e. The standard InChI is InChI=1S/C19H32N2/c1-5-21(19-9-7-6-8-15(19)4)13-17-12-16(14(2)3)10-11-18(17)20/h6-9,14,16-18H,5,10-13,20H2,1-4H3. The highest BCUT2D eigenvalue weighted by atomic mass is 15.1. The van der Waals surface area contributed by atoms with Crippen LogP contribution >= 0.6 is 0 Å². The molecule has 0 aliphatic heterocycles. The lowest BCUT2D eigenvalue weighted by atomic mass is 9.73. The third-order valence-corrected chi connectivity index (χ3v) is 5.32. The van der Waals surface area contributed by atoms with E-state index in [1.807, 2.05) is 0 Å². The second-order valence-electron chi connectivity index (χ2n) is 7.07. The zero-order valence-electron chi connectivity index (χ0n) is 14.2. The van der Waals surface area contributed by atoms with Gasteiger partial charge in [-0.25, -0.2) is 0 Å². The lowest BCUT2D eigenvalue weighted by molar-refractivity contribution is 0.192.